The van der Waals surface area contributed by atoms with Gasteiger partial charge in [0.05, 0.1) is 0 Å². The fourth-order valence-electron chi connectivity index (χ4n) is 1.42. The van der Waals surface area contributed by atoms with Gasteiger partial charge in [-0.1, -0.05) is 6.07 Å². The Hall–Kier alpha value is -1.97. The predicted octanol–water partition coefficient (Wildman–Crippen LogP) is 1.56. The van der Waals surface area contributed by atoms with E-state index < -0.39 is 0 Å². The molecule has 16 heavy (non-hydrogen) atoms. The molecule has 1 N–H and O–H groups in total. The van der Waals surface area contributed by atoms with E-state index in [-0.39, 0.29) is 12.7 Å². The van der Waals surface area contributed by atoms with Gasteiger partial charge in [-0.15, -0.1) is 0 Å². The number of carbonyl (C=O) groups is 1. The molecular formula is C12H13NO3. The first-order valence-electron chi connectivity index (χ1n) is 5.15. The Labute approximate surface area is 93.9 Å². The Bertz CT molecular complexity index is 426. The number of hydrogen-bond donors (Lipinski definition) is 1. The molecule has 0 unspecified atom stereocenters. The highest BCUT2D eigenvalue weighted by molar-refractivity contribution is 5.91. The third-order valence-electron chi connectivity index (χ3n) is 2.17. The SMILES string of the molecule is CCNC(=O)/C=C\c1ccc2c(c1)OCO2. The van der Waals surface area contributed by atoms with Gasteiger partial charge in [0, 0.05) is 12.6 Å². The maximum absolute atomic E-state index is 11.2. The van der Waals surface area contributed by atoms with E-state index in [0.717, 1.165) is 17.1 Å². The second kappa shape index (κ2) is 4.70. The molecule has 1 aromatic rings. The van der Waals surface area contributed by atoms with E-state index in [1.165, 1.54) is 6.08 Å². The number of amides is 1. The molecule has 1 aliphatic heterocycles. The molecule has 0 spiro atoms. The molecule has 0 bridgehead atoms. The van der Waals surface area contributed by atoms with E-state index in [2.05, 4.69) is 5.32 Å². The molecule has 2 rings (SSSR count). The molecule has 0 aliphatic carbocycles. The Balaban J connectivity index is 2.08. The largest absolute Gasteiger partial charge is 0.454 e. The van der Waals surface area contributed by atoms with Gasteiger partial charge in [0.1, 0.15) is 0 Å². The molecule has 0 saturated carbocycles. The Morgan fingerprint density at radius 2 is 2.25 bits per heavy atom. The number of ether oxygens (including phenoxy) is 2. The number of fused-ring (bicyclic) bond motifs is 1. The second-order valence-corrected chi connectivity index (χ2v) is 3.34. The third-order valence-corrected chi connectivity index (χ3v) is 2.17. The van der Waals surface area contributed by atoms with Crippen molar-refractivity contribution < 1.29 is 14.3 Å². The summed E-state index contributed by atoms with van der Waals surface area (Å²) in [7, 11) is 0. The minimum Gasteiger partial charge on any atom is -0.454 e. The molecule has 1 amide bonds. The molecule has 0 atom stereocenters. The van der Waals surface area contributed by atoms with Gasteiger partial charge < -0.3 is 14.8 Å². The van der Waals surface area contributed by atoms with Gasteiger partial charge in [-0.25, -0.2) is 0 Å². The lowest BCUT2D eigenvalue weighted by molar-refractivity contribution is -0.116. The van der Waals surface area contributed by atoms with Crippen LogP contribution in [0.25, 0.3) is 6.08 Å². The highest BCUT2D eigenvalue weighted by atomic mass is 16.7. The lowest BCUT2D eigenvalue weighted by Crippen LogP contribution is -2.19. The Morgan fingerprint density at radius 3 is 3.06 bits per heavy atom. The highest BCUT2D eigenvalue weighted by Gasteiger charge is 2.12. The predicted molar refractivity (Wildman–Crippen MR) is 60.3 cm³/mol. The van der Waals surface area contributed by atoms with Crippen molar-refractivity contribution in [1.82, 2.24) is 5.32 Å². The van der Waals surface area contributed by atoms with Crippen LogP contribution in [0.15, 0.2) is 24.3 Å². The minimum absolute atomic E-state index is 0.0971. The first-order chi connectivity index (χ1) is 7.79. The molecular weight excluding hydrogens is 206 g/mol. The van der Waals surface area contributed by atoms with E-state index in [1.807, 2.05) is 25.1 Å². The van der Waals surface area contributed by atoms with Gasteiger partial charge >= 0.3 is 0 Å². The van der Waals surface area contributed by atoms with Crippen molar-refractivity contribution in [3.05, 3.63) is 29.8 Å². The summed E-state index contributed by atoms with van der Waals surface area (Å²) in [5.41, 5.74) is 0.913. The Morgan fingerprint density at radius 1 is 1.44 bits per heavy atom. The van der Waals surface area contributed by atoms with Crippen LogP contribution in [-0.4, -0.2) is 19.2 Å². The number of carbonyl (C=O) groups excluding carboxylic acids is 1. The number of likely N-dealkylation sites (N-methyl/N-ethyl adjacent to an activating group) is 1. The van der Waals surface area contributed by atoms with Crippen molar-refractivity contribution in [2.24, 2.45) is 0 Å². The molecule has 1 aliphatic rings. The van der Waals surface area contributed by atoms with E-state index in [9.17, 15) is 4.79 Å². The molecule has 4 heteroatoms. The zero-order valence-corrected chi connectivity index (χ0v) is 9.03. The van der Waals surface area contributed by atoms with Gasteiger partial charge in [0.25, 0.3) is 0 Å². The van der Waals surface area contributed by atoms with Crippen LogP contribution in [0, 0.1) is 0 Å². The number of rotatable bonds is 3. The van der Waals surface area contributed by atoms with Gasteiger partial charge in [0.2, 0.25) is 12.7 Å². The smallest absolute Gasteiger partial charge is 0.243 e. The maximum atomic E-state index is 11.2. The molecule has 0 saturated heterocycles. The molecule has 0 fully saturated rings. The van der Waals surface area contributed by atoms with Gasteiger partial charge in [-0.05, 0) is 30.7 Å². The van der Waals surface area contributed by atoms with E-state index in [1.54, 1.807) is 6.08 Å². The van der Waals surface area contributed by atoms with Crippen molar-refractivity contribution in [1.29, 1.82) is 0 Å². The summed E-state index contributed by atoms with van der Waals surface area (Å²) in [5.74, 6) is 1.37. The van der Waals surface area contributed by atoms with Crippen molar-refractivity contribution in [3.8, 4) is 11.5 Å². The van der Waals surface area contributed by atoms with E-state index in [4.69, 9.17) is 9.47 Å². The average molecular weight is 219 g/mol. The van der Waals surface area contributed by atoms with Crippen LogP contribution in [-0.2, 0) is 4.79 Å². The van der Waals surface area contributed by atoms with Gasteiger partial charge in [-0.2, -0.15) is 0 Å². The fraction of sp³-hybridized carbons (Fsp3) is 0.250. The van der Waals surface area contributed by atoms with Crippen LogP contribution in [0.2, 0.25) is 0 Å². The first-order valence-corrected chi connectivity index (χ1v) is 5.15. The summed E-state index contributed by atoms with van der Waals surface area (Å²) in [6.07, 6.45) is 3.24. The van der Waals surface area contributed by atoms with Gasteiger partial charge in [0.15, 0.2) is 11.5 Å². The standard InChI is InChI=1S/C12H13NO3/c1-2-13-12(14)6-4-9-3-5-10-11(7-9)16-8-15-10/h3-7H,2,8H2,1H3,(H,13,14)/b6-4-. The third kappa shape index (κ3) is 2.34. The maximum Gasteiger partial charge on any atom is 0.243 e. The van der Waals surface area contributed by atoms with Crippen molar-refractivity contribution >= 4 is 12.0 Å². The van der Waals surface area contributed by atoms with Crippen LogP contribution in [0.3, 0.4) is 0 Å². The topological polar surface area (TPSA) is 47.6 Å². The van der Waals surface area contributed by atoms with Gasteiger partial charge in [-0.3, -0.25) is 4.79 Å². The summed E-state index contributed by atoms with van der Waals surface area (Å²) in [6, 6.07) is 5.56. The van der Waals surface area contributed by atoms with E-state index in [0.29, 0.717) is 6.54 Å². The normalized spacial score (nSPS) is 13.1. The molecule has 0 radical (unpaired) electrons. The Kier molecular flexibility index (Phi) is 3.10. The highest BCUT2D eigenvalue weighted by Crippen LogP contribution is 2.32. The summed E-state index contributed by atoms with van der Waals surface area (Å²) in [5, 5.41) is 2.69. The first kappa shape index (κ1) is 10.5. The summed E-state index contributed by atoms with van der Waals surface area (Å²) >= 11 is 0. The molecule has 1 aromatic carbocycles. The van der Waals surface area contributed by atoms with Crippen LogP contribution < -0.4 is 14.8 Å². The van der Waals surface area contributed by atoms with Crippen molar-refractivity contribution in [2.75, 3.05) is 13.3 Å². The summed E-state index contributed by atoms with van der Waals surface area (Å²) in [4.78, 5) is 11.2. The molecule has 84 valence electrons. The van der Waals surface area contributed by atoms with Crippen LogP contribution >= 0.6 is 0 Å². The van der Waals surface area contributed by atoms with Crippen LogP contribution in [0.4, 0.5) is 0 Å². The molecule has 4 nitrogen and oxygen atoms in total. The average Bonchev–Trinajstić information content (AvgIpc) is 2.74. The lowest BCUT2D eigenvalue weighted by Gasteiger charge is -1.98. The van der Waals surface area contributed by atoms with Crippen LogP contribution in [0.5, 0.6) is 11.5 Å². The zero-order valence-electron chi connectivity index (χ0n) is 9.03. The number of nitrogens with one attached hydrogen (secondary N) is 1. The second-order valence-electron chi connectivity index (χ2n) is 3.34. The summed E-state index contributed by atoms with van der Waals surface area (Å²) in [6.45, 7) is 2.77. The zero-order chi connectivity index (χ0) is 11.4. The fourth-order valence-corrected chi connectivity index (χ4v) is 1.42. The summed E-state index contributed by atoms with van der Waals surface area (Å²) < 4.78 is 10.4. The quantitative estimate of drug-likeness (QED) is 0.785. The molecule has 1 heterocycles. The van der Waals surface area contributed by atoms with Crippen molar-refractivity contribution in [2.45, 2.75) is 6.92 Å². The van der Waals surface area contributed by atoms with Crippen molar-refractivity contribution in [3.63, 3.8) is 0 Å². The minimum atomic E-state index is -0.0971. The number of benzene rings is 1. The number of hydrogen-bond acceptors (Lipinski definition) is 3. The lowest BCUT2D eigenvalue weighted by atomic mass is 10.2. The monoisotopic (exact) mass is 219 g/mol. The van der Waals surface area contributed by atoms with Crippen LogP contribution in [0.1, 0.15) is 12.5 Å². The molecule has 0 aromatic heterocycles. The van der Waals surface area contributed by atoms with E-state index >= 15 is 0 Å².